The summed E-state index contributed by atoms with van der Waals surface area (Å²) in [5.41, 5.74) is 2.88. The van der Waals surface area contributed by atoms with E-state index >= 15 is 0 Å². The van der Waals surface area contributed by atoms with E-state index in [9.17, 15) is 4.79 Å². The molecule has 2 atom stereocenters. The van der Waals surface area contributed by atoms with Crippen LogP contribution in [-0.4, -0.2) is 30.4 Å². The van der Waals surface area contributed by atoms with E-state index in [0.717, 1.165) is 29.8 Å². The number of carbonyl (C=O) groups is 1. The topological polar surface area (TPSA) is 32.3 Å². The van der Waals surface area contributed by atoms with Crippen LogP contribution in [0.25, 0.3) is 0 Å². The average molecular weight is 288 g/mol. The smallest absolute Gasteiger partial charge is 0.255 e. The molecule has 1 aromatic rings. The van der Waals surface area contributed by atoms with Crippen LogP contribution in [-0.2, 0) is 0 Å². The van der Waals surface area contributed by atoms with Crippen molar-refractivity contribution in [3.63, 3.8) is 0 Å². The first kappa shape index (κ1) is 15.9. The first-order chi connectivity index (χ1) is 10.0. The van der Waals surface area contributed by atoms with Crippen molar-refractivity contribution in [2.45, 2.75) is 52.5 Å². The molecule has 0 aliphatic heterocycles. The van der Waals surface area contributed by atoms with Gasteiger partial charge in [-0.2, -0.15) is 0 Å². The van der Waals surface area contributed by atoms with E-state index in [1.54, 1.807) is 0 Å². The largest absolute Gasteiger partial charge is 0.385 e. The zero-order valence-corrected chi connectivity index (χ0v) is 13.8. The van der Waals surface area contributed by atoms with E-state index in [4.69, 9.17) is 0 Å². The van der Waals surface area contributed by atoms with Crippen molar-refractivity contribution >= 4 is 11.6 Å². The van der Waals surface area contributed by atoms with Crippen LogP contribution in [0.1, 0.15) is 55.5 Å². The molecule has 1 saturated carbocycles. The van der Waals surface area contributed by atoms with Crippen LogP contribution in [0.2, 0.25) is 0 Å². The summed E-state index contributed by atoms with van der Waals surface area (Å²) in [6.07, 6.45) is 4.90. The summed E-state index contributed by atoms with van der Waals surface area (Å²) in [5.74, 6) is 0.744. The lowest BCUT2D eigenvalue weighted by molar-refractivity contribution is 0.0630. The van der Waals surface area contributed by atoms with Crippen molar-refractivity contribution in [1.29, 1.82) is 0 Å². The van der Waals surface area contributed by atoms with Gasteiger partial charge in [0.2, 0.25) is 0 Å². The van der Waals surface area contributed by atoms with Gasteiger partial charge in [-0.05, 0) is 44.7 Å². The van der Waals surface area contributed by atoms with Crippen molar-refractivity contribution in [1.82, 2.24) is 4.90 Å². The Morgan fingerprint density at radius 1 is 1.33 bits per heavy atom. The summed E-state index contributed by atoms with van der Waals surface area (Å²) in [4.78, 5) is 14.9. The van der Waals surface area contributed by atoms with Gasteiger partial charge < -0.3 is 10.2 Å². The second-order valence-corrected chi connectivity index (χ2v) is 6.32. The third kappa shape index (κ3) is 3.58. The van der Waals surface area contributed by atoms with E-state index < -0.39 is 0 Å². The maximum atomic E-state index is 12.9. The highest BCUT2D eigenvalue weighted by Crippen LogP contribution is 2.29. The maximum absolute atomic E-state index is 12.9. The molecule has 2 unspecified atom stereocenters. The van der Waals surface area contributed by atoms with Gasteiger partial charge in [0.05, 0.1) is 5.56 Å². The minimum Gasteiger partial charge on any atom is -0.385 e. The monoisotopic (exact) mass is 288 g/mol. The van der Waals surface area contributed by atoms with Crippen molar-refractivity contribution in [2.75, 3.05) is 18.9 Å². The van der Waals surface area contributed by atoms with Crippen molar-refractivity contribution in [2.24, 2.45) is 5.92 Å². The predicted molar refractivity (Wildman–Crippen MR) is 88.9 cm³/mol. The normalized spacial score (nSPS) is 21.9. The van der Waals surface area contributed by atoms with Gasteiger partial charge in [0, 0.05) is 25.3 Å². The zero-order chi connectivity index (χ0) is 15.4. The van der Waals surface area contributed by atoms with Gasteiger partial charge in [0.15, 0.2) is 0 Å². The lowest BCUT2D eigenvalue weighted by Gasteiger charge is -2.36. The fourth-order valence-corrected chi connectivity index (χ4v) is 3.39. The molecule has 1 fully saturated rings. The number of hydrogen-bond donors (Lipinski definition) is 1. The third-order valence-corrected chi connectivity index (χ3v) is 4.66. The Kier molecular flexibility index (Phi) is 5.27. The molecule has 21 heavy (non-hydrogen) atoms. The van der Waals surface area contributed by atoms with Gasteiger partial charge in [-0.15, -0.1) is 0 Å². The molecule has 2 rings (SSSR count). The minimum atomic E-state index is 0.147. The van der Waals surface area contributed by atoms with E-state index in [-0.39, 0.29) is 5.91 Å². The number of amides is 1. The number of anilines is 1. The molecule has 1 aromatic carbocycles. The first-order valence-corrected chi connectivity index (χ1v) is 8.16. The molecule has 0 aromatic heterocycles. The van der Waals surface area contributed by atoms with Crippen LogP contribution in [0.5, 0.6) is 0 Å². The quantitative estimate of drug-likeness (QED) is 0.905. The number of aryl methyl sites for hydroxylation is 1. The molecule has 0 bridgehead atoms. The minimum absolute atomic E-state index is 0.147. The van der Waals surface area contributed by atoms with Gasteiger partial charge in [-0.3, -0.25) is 4.79 Å². The third-order valence-electron chi connectivity index (χ3n) is 4.66. The second-order valence-electron chi connectivity index (χ2n) is 6.32. The maximum Gasteiger partial charge on any atom is 0.255 e. The number of benzene rings is 1. The Bertz CT molecular complexity index is 498. The number of nitrogens with zero attached hydrogens (tertiary/aromatic N) is 1. The van der Waals surface area contributed by atoms with Gasteiger partial charge in [0.25, 0.3) is 5.91 Å². The molecule has 0 heterocycles. The predicted octanol–water partition coefficient (Wildman–Crippen LogP) is 4.08. The van der Waals surface area contributed by atoms with Crippen molar-refractivity contribution in [3.05, 3.63) is 29.3 Å². The Hall–Kier alpha value is -1.51. The molecule has 0 spiro atoms. The molecule has 0 radical (unpaired) electrons. The molecule has 1 N–H and O–H groups in total. The summed E-state index contributed by atoms with van der Waals surface area (Å²) in [5, 5.41) is 3.31. The molecular formula is C18H28N2O. The Labute approximate surface area is 128 Å². The van der Waals surface area contributed by atoms with Crippen LogP contribution in [0, 0.1) is 12.8 Å². The molecule has 1 amide bonds. The standard InChI is InChI=1S/C18H28N2O/c1-5-19-16-11-10-13(2)12-15(16)18(21)20(4)17-9-7-6-8-14(17)3/h10-12,14,17,19H,5-9H2,1-4H3. The van der Waals surface area contributed by atoms with Crippen LogP contribution < -0.4 is 5.32 Å². The number of rotatable bonds is 4. The SMILES string of the molecule is CCNc1ccc(C)cc1C(=O)N(C)C1CCCCC1C. The summed E-state index contributed by atoms with van der Waals surface area (Å²) in [6, 6.07) is 6.45. The fraction of sp³-hybridized carbons (Fsp3) is 0.611. The first-order valence-electron chi connectivity index (χ1n) is 8.16. The molecule has 0 saturated heterocycles. The Morgan fingerprint density at radius 3 is 2.71 bits per heavy atom. The molecule has 1 aliphatic carbocycles. The summed E-state index contributed by atoms with van der Waals surface area (Å²) in [7, 11) is 1.97. The molecule has 3 nitrogen and oxygen atoms in total. The Balaban J connectivity index is 2.23. The highest BCUT2D eigenvalue weighted by molar-refractivity contribution is 5.99. The van der Waals surface area contributed by atoms with Crippen LogP contribution in [0.15, 0.2) is 18.2 Å². The van der Waals surface area contributed by atoms with Crippen LogP contribution >= 0.6 is 0 Å². The van der Waals surface area contributed by atoms with Crippen LogP contribution in [0.4, 0.5) is 5.69 Å². The number of carbonyl (C=O) groups excluding carboxylic acids is 1. The molecule has 116 valence electrons. The number of nitrogens with one attached hydrogen (secondary N) is 1. The summed E-state index contributed by atoms with van der Waals surface area (Å²) in [6.45, 7) is 7.19. The van der Waals surface area contributed by atoms with Crippen molar-refractivity contribution < 1.29 is 4.79 Å². The molecule has 3 heteroatoms. The lowest BCUT2D eigenvalue weighted by atomic mass is 9.85. The molecular weight excluding hydrogens is 260 g/mol. The highest BCUT2D eigenvalue weighted by Gasteiger charge is 2.29. The van der Waals surface area contributed by atoms with Crippen molar-refractivity contribution in [3.8, 4) is 0 Å². The average Bonchev–Trinajstić information content (AvgIpc) is 2.48. The van der Waals surface area contributed by atoms with E-state index in [1.807, 2.05) is 31.0 Å². The van der Waals surface area contributed by atoms with E-state index in [0.29, 0.717) is 12.0 Å². The van der Waals surface area contributed by atoms with Gasteiger partial charge in [0.1, 0.15) is 0 Å². The van der Waals surface area contributed by atoms with E-state index in [1.165, 1.54) is 19.3 Å². The Morgan fingerprint density at radius 2 is 2.05 bits per heavy atom. The molecule has 1 aliphatic rings. The fourth-order valence-electron chi connectivity index (χ4n) is 3.39. The zero-order valence-electron chi connectivity index (χ0n) is 13.8. The van der Waals surface area contributed by atoms with Gasteiger partial charge in [-0.1, -0.05) is 31.4 Å². The van der Waals surface area contributed by atoms with Crippen LogP contribution in [0.3, 0.4) is 0 Å². The van der Waals surface area contributed by atoms with E-state index in [2.05, 4.69) is 25.2 Å². The second kappa shape index (κ2) is 6.97. The summed E-state index contributed by atoms with van der Waals surface area (Å²) >= 11 is 0. The lowest BCUT2D eigenvalue weighted by Crippen LogP contribution is -2.42. The van der Waals surface area contributed by atoms with Gasteiger partial charge >= 0.3 is 0 Å². The van der Waals surface area contributed by atoms with Gasteiger partial charge in [-0.25, -0.2) is 0 Å². The number of hydrogen-bond acceptors (Lipinski definition) is 2. The summed E-state index contributed by atoms with van der Waals surface area (Å²) < 4.78 is 0. The highest BCUT2D eigenvalue weighted by atomic mass is 16.2.